The number of halogens is 1. The van der Waals surface area contributed by atoms with E-state index in [1.165, 1.54) is 6.33 Å². The molecule has 5 aromatic rings. The van der Waals surface area contributed by atoms with Crippen LogP contribution in [0.5, 0.6) is 0 Å². The van der Waals surface area contributed by atoms with Crippen LogP contribution >= 0.6 is 15.9 Å². The molecule has 0 aliphatic heterocycles. The minimum atomic E-state index is -0.0788. The van der Waals surface area contributed by atoms with Gasteiger partial charge in [-0.3, -0.25) is 4.79 Å². The Kier molecular flexibility index (Phi) is 4.33. The van der Waals surface area contributed by atoms with Crippen LogP contribution in [0, 0.1) is 0 Å². The number of anilines is 1. The first-order valence-electron chi connectivity index (χ1n) is 8.89. The number of H-pyrrole nitrogens is 1. The summed E-state index contributed by atoms with van der Waals surface area (Å²) < 4.78 is 6.97. The highest BCUT2D eigenvalue weighted by Crippen LogP contribution is 2.27. The van der Waals surface area contributed by atoms with E-state index < -0.39 is 0 Å². The number of fused-ring (bicyclic) bond motifs is 2. The Labute approximate surface area is 173 Å². The fourth-order valence-electron chi connectivity index (χ4n) is 3.30. The van der Waals surface area contributed by atoms with Crippen molar-refractivity contribution < 1.29 is 4.42 Å². The lowest BCUT2D eigenvalue weighted by molar-refractivity contribution is 0.548. The molecule has 0 radical (unpaired) electrons. The topological polar surface area (TPSA) is 96.7 Å². The molecule has 7 nitrogen and oxygen atoms in total. The molecule has 0 saturated carbocycles. The van der Waals surface area contributed by atoms with E-state index in [-0.39, 0.29) is 12.0 Å². The Morgan fingerprint density at radius 2 is 1.93 bits per heavy atom. The van der Waals surface area contributed by atoms with Gasteiger partial charge < -0.3 is 14.7 Å². The maximum atomic E-state index is 13.3. The summed E-state index contributed by atoms with van der Waals surface area (Å²) in [6, 6.07) is 14.9. The molecule has 8 heteroatoms. The molecular formula is C21H14BrN5O2. The molecule has 0 unspecified atom stereocenters. The van der Waals surface area contributed by atoms with Gasteiger partial charge in [-0.25, -0.2) is 15.0 Å². The Bertz CT molecular complexity index is 1400. The van der Waals surface area contributed by atoms with E-state index in [1.54, 1.807) is 18.5 Å². The van der Waals surface area contributed by atoms with Crippen molar-refractivity contribution in [2.24, 2.45) is 0 Å². The van der Waals surface area contributed by atoms with E-state index in [9.17, 15) is 4.79 Å². The highest BCUT2D eigenvalue weighted by Gasteiger charge is 2.17. The second kappa shape index (κ2) is 7.14. The number of imidazole rings is 1. The van der Waals surface area contributed by atoms with Crippen molar-refractivity contribution in [3.05, 3.63) is 81.6 Å². The van der Waals surface area contributed by atoms with E-state index in [1.807, 2.05) is 36.4 Å². The largest absolute Gasteiger partial charge is 0.458 e. The van der Waals surface area contributed by atoms with E-state index in [0.29, 0.717) is 39.3 Å². The molecule has 0 spiro atoms. The molecule has 0 atom stereocenters. The predicted molar refractivity (Wildman–Crippen MR) is 115 cm³/mol. The summed E-state index contributed by atoms with van der Waals surface area (Å²) in [5.74, 6) is 1.12. The summed E-state index contributed by atoms with van der Waals surface area (Å²) in [5, 5.41) is 3.77. The van der Waals surface area contributed by atoms with Crippen LogP contribution in [0.25, 0.3) is 33.3 Å². The Balaban J connectivity index is 1.65. The Morgan fingerprint density at radius 3 is 2.79 bits per heavy atom. The van der Waals surface area contributed by atoms with Crippen molar-refractivity contribution in [1.82, 2.24) is 19.9 Å². The van der Waals surface area contributed by atoms with Crippen molar-refractivity contribution in [3.8, 4) is 11.1 Å². The molecule has 0 bridgehead atoms. The van der Waals surface area contributed by atoms with Crippen LogP contribution in [-0.4, -0.2) is 19.9 Å². The lowest BCUT2D eigenvalue weighted by Gasteiger charge is -2.12. The second-order valence-electron chi connectivity index (χ2n) is 6.41. The van der Waals surface area contributed by atoms with Crippen LogP contribution in [0.15, 0.2) is 74.9 Å². The van der Waals surface area contributed by atoms with Gasteiger partial charge >= 0.3 is 0 Å². The third-order valence-corrected chi connectivity index (χ3v) is 5.12. The number of benzene rings is 2. The first-order valence-corrected chi connectivity index (χ1v) is 9.68. The number of hydrogen-bond acceptors (Lipinski definition) is 6. The fraction of sp³-hybridized carbons (Fsp3) is 0.0476. The number of nitrogens with one attached hydrogen (secondary N) is 2. The number of aromatic nitrogens is 4. The molecule has 3 heterocycles. The summed E-state index contributed by atoms with van der Waals surface area (Å²) in [7, 11) is 0. The van der Waals surface area contributed by atoms with Crippen LogP contribution < -0.4 is 10.7 Å². The zero-order chi connectivity index (χ0) is 19.8. The molecule has 29 heavy (non-hydrogen) atoms. The second-order valence-corrected chi connectivity index (χ2v) is 7.33. The smallest absolute Gasteiger partial charge is 0.200 e. The Hall–Kier alpha value is -3.52. The molecule has 2 aromatic carbocycles. The van der Waals surface area contributed by atoms with Crippen molar-refractivity contribution in [2.45, 2.75) is 6.54 Å². The molecule has 142 valence electrons. The van der Waals surface area contributed by atoms with Crippen LogP contribution in [0.2, 0.25) is 0 Å². The zero-order valence-electron chi connectivity index (χ0n) is 15.0. The van der Waals surface area contributed by atoms with Crippen LogP contribution in [-0.2, 0) is 6.54 Å². The monoisotopic (exact) mass is 447 g/mol. The lowest BCUT2D eigenvalue weighted by Crippen LogP contribution is -2.12. The van der Waals surface area contributed by atoms with Gasteiger partial charge in [-0.15, -0.1) is 0 Å². The first-order chi connectivity index (χ1) is 14.2. The van der Waals surface area contributed by atoms with Gasteiger partial charge in [0.05, 0.1) is 23.8 Å². The third kappa shape index (κ3) is 3.17. The van der Waals surface area contributed by atoms with Gasteiger partial charge in [0.15, 0.2) is 11.5 Å². The number of aromatic amines is 1. The zero-order valence-corrected chi connectivity index (χ0v) is 16.6. The molecule has 3 aromatic heterocycles. The van der Waals surface area contributed by atoms with Crippen molar-refractivity contribution in [3.63, 3.8) is 0 Å². The van der Waals surface area contributed by atoms with Gasteiger partial charge in [0.1, 0.15) is 23.2 Å². The molecule has 5 rings (SSSR count). The summed E-state index contributed by atoms with van der Waals surface area (Å²) in [5.41, 5.74) is 3.04. The standard InChI is InChI=1S/C21H14BrN5O2/c22-13-6-7-15-14(8-13)19(28)17(12-4-2-1-3-5-12)16(29-15)9-23-20-18-21(25-10-24-18)27-11-26-20/h1-8,10-11H,9H2,(H2,23,24,25,26,27). The highest BCUT2D eigenvalue weighted by atomic mass is 79.9. The van der Waals surface area contributed by atoms with Gasteiger partial charge in [-0.05, 0) is 23.8 Å². The van der Waals surface area contributed by atoms with Crippen LogP contribution in [0.4, 0.5) is 5.82 Å². The van der Waals surface area contributed by atoms with Crippen LogP contribution in [0.3, 0.4) is 0 Å². The molecule has 0 fully saturated rings. The lowest BCUT2D eigenvalue weighted by atomic mass is 10.0. The maximum absolute atomic E-state index is 13.3. The molecule has 2 N–H and O–H groups in total. The Morgan fingerprint density at radius 1 is 1.07 bits per heavy atom. The van der Waals surface area contributed by atoms with Gasteiger partial charge in [0.2, 0.25) is 5.43 Å². The first kappa shape index (κ1) is 17.6. The fourth-order valence-corrected chi connectivity index (χ4v) is 3.66. The van der Waals surface area contributed by atoms with E-state index in [2.05, 4.69) is 41.2 Å². The molecule has 0 aliphatic rings. The molecule has 0 aliphatic carbocycles. The summed E-state index contributed by atoms with van der Waals surface area (Å²) in [6.45, 7) is 0.274. The van der Waals surface area contributed by atoms with Gasteiger partial charge in [0, 0.05) is 4.47 Å². The normalized spacial score (nSPS) is 11.2. The van der Waals surface area contributed by atoms with Crippen molar-refractivity contribution >= 4 is 43.9 Å². The average Bonchev–Trinajstić information content (AvgIpc) is 3.23. The molecule has 0 amide bonds. The minimum absolute atomic E-state index is 0.0788. The predicted octanol–water partition coefficient (Wildman–Crippen LogP) is 4.50. The van der Waals surface area contributed by atoms with Crippen LogP contribution in [0.1, 0.15) is 5.76 Å². The highest BCUT2D eigenvalue weighted by molar-refractivity contribution is 9.10. The third-order valence-electron chi connectivity index (χ3n) is 4.63. The van der Waals surface area contributed by atoms with E-state index in [0.717, 1.165) is 10.0 Å². The molecular weight excluding hydrogens is 434 g/mol. The summed E-state index contributed by atoms with van der Waals surface area (Å²) >= 11 is 3.43. The van der Waals surface area contributed by atoms with E-state index in [4.69, 9.17) is 4.42 Å². The molecule has 0 saturated heterocycles. The summed E-state index contributed by atoms with van der Waals surface area (Å²) in [4.78, 5) is 28.9. The maximum Gasteiger partial charge on any atom is 0.200 e. The summed E-state index contributed by atoms with van der Waals surface area (Å²) in [6.07, 6.45) is 3.01. The van der Waals surface area contributed by atoms with Gasteiger partial charge in [-0.1, -0.05) is 46.3 Å². The SMILES string of the molecule is O=c1c(-c2ccccc2)c(CNc2ncnc3nc[nH]c23)oc2ccc(Br)cc12. The van der Waals surface area contributed by atoms with Gasteiger partial charge in [-0.2, -0.15) is 0 Å². The van der Waals surface area contributed by atoms with Crippen molar-refractivity contribution in [1.29, 1.82) is 0 Å². The van der Waals surface area contributed by atoms with Gasteiger partial charge in [0.25, 0.3) is 0 Å². The number of hydrogen-bond donors (Lipinski definition) is 2. The van der Waals surface area contributed by atoms with E-state index >= 15 is 0 Å². The van der Waals surface area contributed by atoms with Crippen molar-refractivity contribution in [2.75, 3.05) is 5.32 Å². The number of rotatable bonds is 4. The number of nitrogens with zero attached hydrogens (tertiary/aromatic N) is 3. The quantitative estimate of drug-likeness (QED) is 0.420. The average molecular weight is 448 g/mol. The minimum Gasteiger partial charge on any atom is -0.458 e.